The van der Waals surface area contributed by atoms with Crippen LogP contribution in [-0.4, -0.2) is 33.3 Å². The minimum atomic E-state index is -3.27. The van der Waals surface area contributed by atoms with Crippen LogP contribution in [0.2, 0.25) is 0 Å². The molecule has 1 aliphatic rings. The maximum absolute atomic E-state index is 12.8. The Morgan fingerprint density at radius 1 is 1.25 bits per heavy atom. The van der Waals surface area contributed by atoms with Crippen molar-refractivity contribution < 1.29 is 8.42 Å². The van der Waals surface area contributed by atoms with E-state index in [0.717, 1.165) is 29.7 Å². The second kappa shape index (κ2) is 6.91. The van der Waals surface area contributed by atoms with E-state index in [1.807, 2.05) is 31.2 Å². The van der Waals surface area contributed by atoms with E-state index in [4.69, 9.17) is 0 Å². The monoisotopic (exact) mass is 360 g/mol. The maximum Gasteiger partial charge on any atom is 0.238 e. The zero-order valence-corrected chi connectivity index (χ0v) is 14.1. The van der Waals surface area contributed by atoms with Crippen LogP contribution in [-0.2, 0) is 10.0 Å². The predicted molar refractivity (Wildman–Crippen MR) is 86.6 cm³/mol. The van der Waals surface area contributed by atoms with Gasteiger partial charge < -0.3 is 5.32 Å². The average molecular weight is 361 g/mol. The SMILES string of the molecule is CCCN(c1ccc(Br)cc1)S(=O)(=O)C1CCNCC1. The van der Waals surface area contributed by atoms with Crippen LogP contribution in [0.3, 0.4) is 0 Å². The van der Waals surface area contributed by atoms with E-state index in [1.165, 1.54) is 0 Å². The number of anilines is 1. The highest BCUT2D eigenvalue weighted by atomic mass is 79.9. The molecule has 0 spiro atoms. The third-order valence-corrected chi connectivity index (χ3v) is 6.41. The molecule has 2 rings (SSSR count). The van der Waals surface area contributed by atoms with Crippen LogP contribution in [0, 0.1) is 0 Å². The summed E-state index contributed by atoms with van der Waals surface area (Å²) in [5.74, 6) is 0. The van der Waals surface area contributed by atoms with Gasteiger partial charge in [-0.2, -0.15) is 0 Å². The fourth-order valence-electron chi connectivity index (χ4n) is 2.49. The van der Waals surface area contributed by atoms with Gasteiger partial charge in [0.2, 0.25) is 10.0 Å². The van der Waals surface area contributed by atoms with Gasteiger partial charge in [0.1, 0.15) is 0 Å². The number of nitrogens with one attached hydrogen (secondary N) is 1. The first-order chi connectivity index (χ1) is 9.55. The minimum Gasteiger partial charge on any atom is -0.317 e. The molecule has 112 valence electrons. The van der Waals surface area contributed by atoms with E-state index in [0.29, 0.717) is 19.4 Å². The number of nitrogens with zero attached hydrogens (tertiary/aromatic N) is 1. The average Bonchev–Trinajstić information content (AvgIpc) is 2.47. The minimum absolute atomic E-state index is 0.265. The van der Waals surface area contributed by atoms with Crippen LogP contribution in [0.4, 0.5) is 5.69 Å². The van der Waals surface area contributed by atoms with E-state index in [2.05, 4.69) is 21.2 Å². The first-order valence-corrected chi connectivity index (χ1v) is 9.33. The quantitative estimate of drug-likeness (QED) is 0.878. The third kappa shape index (κ3) is 3.54. The number of hydrogen-bond acceptors (Lipinski definition) is 3. The highest BCUT2D eigenvalue weighted by Crippen LogP contribution is 2.26. The summed E-state index contributed by atoms with van der Waals surface area (Å²) < 4.78 is 28.2. The van der Waals surface area contributed by atoms with Gasteiger partial charge >= 0.3 is 0 Å². The van der Waals surface area contributed by atoms with Gasteiger partial charge in [-0.05, 0) is 56.6 Å². The Hall–Kier alpha value is -0.590. The maximum atomic E-state index is 12.8. The van der Waals surface area contributed by atoms with Gasteiger partial charge in [-0.25, -0.2) is 8.42 Å². The topological polar surface area (TPSA) is 49.4 Å². The molecule has 4 nitrogen and oxygen atoms in total. The van der Waals surface area contributed by atoms with Crippen molar-refractivity contribution >= 4 is 31.6 Å². The highest BCUT2D eigenvalue weighted by molar-refractivity contribution is 9.10. The van der Waals surface area contributed by atoms with Crippen molar-refractivity contribution in [2.24, 2.45) is 0 Å². The molecule has 0 saturated carbocycles. The van der Waals surface area contributed by atoms with E-state index in [9.17, 15) is 8.42 Å². The molecule has 0 aliphatic carbocycles. The smallest absolute Gasteiger partial charge is 0.238 e. The summed E-state index contributed by atoms with van der Waals surface area (Å²) in [6.07, 6.45) is 2.19. The molecule has 0 atom stereocenters. The Morgan fingerprint density at radius 3 is 2.40 bits per heavy atom. The molecule has 20 heavy (non-hydrogen) atoms. The summed E-state index contributed by atoms with van der Waals surface area (Å²) >= 11 is 3.38. The lowest BCUT2D eigenvalue weighted by Gasteiger charge is -2.31. The lowest BCUT2D eigenvalue weighted by Crippen LogP contribution is -2.44. The van der Waals surface area contributed by atoms with E-state index in [1.54, 1.807) is 4.31 Å². The van der Waals surface area contributed by atoms with Gasteiger partial charge in [0.05, 0.1) is 10.9 Å². The number of rotatable bonds is 5. The van der Waals surface area contributed by atoms with Crippen LogP contribution in [0.25, 0.3) is 0 Å². The number of benzene rings is 1. The van der Waals surface area contributed by atoms with Crippen molar-refractivity contribution in [1.29, 1.82) is 0 Å². The number of halogens is 1. The molecule has 1 fully saturated rings. The Balaban J connectivity index is 2.28. The molecule has 1 saturated heterocycles. The number of piperidine rings is 1. The number of hydrogen-bond donors (Lipinski definition) is 1. The predicted octanol–water partition coefficient (Wildman–Crippen LogP) is 2.75. The molecule has 0 amide bonds. The summed E-state index contributed by atoms with van der Waals surface area (Å²) in [4.78, 5) is 0. The van der Waals surface area contributed by atoms with Crippen molar-refractivity contribution in [3.8, 4) is 0 Å². The Morgan fingerprint density at radius 2 is 1.85 bits per heavy atom. The Kier molecular flexibility index (Phi) is 5.46. The van der Waals surface area contributed by atoms with Gasteiger partial charge in [-0.3, -0.25) is 4.31 Å². The molecule has 1 aromatic carbocycles. The molecule has 0 radical (unpaired) electrons. The Labute approximate surface area is 129 Å². The third-order valence-electron chi connectivity index (χ3n) is 3.56. The van der Waals surface area contributed by atoms with Crippen molar-refractivity contribution in [3.05, 3.63) is 28.7 Å². The van der Waals surface area contributed by atoms with Crippen LogP contribution < -0.4 is 9.62 Å². The van der Waals surface area contributed by atoms with Crippen LogP contribution in [0.15, 0.2) is 28.7 Å². The van der Waals surface area contributed by atoms with Crippen molar-refractivity contribution in [2.75, 3.05) is 23.9 Å². The first kappa shape index (κ1) is 15.8. The molecule has 1 aliphatic heterocycles. The second-order valence-corrected chi connectivity index (χ2v) is 8.10. The molecule has 1 N–H and O–H groups in total. The van der Waals surface area contributed by atoms with Crippen molar-refractivity contribution in [2.45, 2.75) is 31.4 Å². The molecular formula is C14H21BrN2O2S. The lowest BCUT2D eigenvalue weighted by atomic mass is 10.2. The summed E-state index contributed by atoms with van der Waals surface area (Å²) in [5, 5.41) is 2.95. The van der Waals surface area contributed by atoms with E-state index >= 15 is 0 Å². The standard InChI is InChI=1S/C14H21BrN2O2S/c1-2-11-17(13-5-3-12(15)4-6-13)20(18,19)14-7-9-16-10-8-14/h3-6,14,16H,2,7-11H2,1H3. The zero-order valence-electron chi connectivity index (χ0n) is 11.7. The summed E-state index contributed by atoms with van der Waals surface area (Å²) in [6, 6.07) is 7.49. The molecule has 0 unspecified atom stereocenters. The molecule has 0 aromatic heterocycles. The largest absolute Gasteiger partial charge is 0.317 e. The molecule has 1 aromatic rings. The zero-order chi connectivity index (χ0) is 14.6. The highest BCUT2D eigenvalue weighted by Gasteiger charge is 2.32. The fourth-order valence-corrected chi connectivity index (χ4v) is 4.80. The fraction of sp³-hybridized carbons (Fsp3) is 0.571. The molecule has 0 bridgehead atoms. The normalized spacial score (nSPS) is 17.1. The van der Waals surface area contributed by atoms with Gasteiger partial charge in [-0.1, -0.05) is 22.9 Å². The Bertz CT molecular complexity index is 525. The number of sulfonamides is 1. The summed E-state index contributed by atoms with van der Waals surface area (Å²) in [5.41, 5.74) is 0.758. The van der Waals surface area contributed by atoms with Crippen LogP contribution in [0.5, 0.6) is 0 Å². The first-order valence-electron chi connectivity index (χ1n) is 7.03. The van der Waals surface area contributed by atoms with Crippen molar-refractivity contribution in [3.63, 3.8) is 0 Å². The van der Waals surface area contributed by atoms with Crippen molar-refractivity contribution in [1.82, 2.24) is 5.32 Å². The summed E-state index contributed by atoms with van der Waals surface area (Å²) in [7, 11) is -3.27. The van der Waals surface area contributed by atoms with Crippen LogP contribution >= 0.6 is 15.9 Å². The summed E-state index contributed by atoms with van der Waals surface area (Å²) in [6.45, 7) is 4.10. The second-order valence-electron chi connectivity index (χ2n) is 5.04. The van der Waals surface area contributed by atoms with Gasteiger partial charge in [-0.15, -0.1) is 0 Å². The molecule has 1 heterocycles. The van der Waals surface area contributed by atoms with E-state index in [-0.39, 0.29) is 5.25 Å². The van der Waals surface area contributed by atoms with Gasteiger partial charge in [0.15, 0.2) is 0 Å². The van der Waals surface area contributed by atoms with Crippen LogP contribution in [0.1, 0.15) is 26.2 Å². The lowest BCUT2D eigenvalue weighted by molar-refractivity contribution is 0.494. The van der Waals surface area contributed by atoms with Gasteiger partial charge in [0.25, 0.3) is 0 Å². The molecular weight excluding hydrogens is 340 g/mol. The van der Waals surface area contributed by atoms with E-state index < -0.39 is 10.0 Å². The van der Waals surface area contributed by atoms with Gasteiger partial charge in [0, 0.05) is 11.0 Å². The molecule has 6 heteroatoms.